The second kappa shape index (κ2) is 5.42. The first-order valence-corrected chi connectivity index (χ1v) is 6.77. The molecule has 2 aromatic rings. The summed E-state index contributed by atoms with van der Waals surface area (Å²) in [5, 5.41) is 3.21. The molecule has 0 saturated heterocycles. The van der Waals surface area contributed by atoms with Crippen LogP contribution in [0.1, 0.15) is 0 Å². The van der Waals surface area contributed by atoms with Gasteiger partial charge in [-0.1, -0.05) is 11.8 Å². The molecule has 0 spiro atoms. The first-order chi connectivity index (χ1) is 7.85. The number of thiazole rings is 1. The maximum atomic E-state index is 4.98. The van der Waals surface area contributed by atoms with E-state index in [2.05, 4.69) is 20.3 Å². The molecule has 0 aliphatic heterocycles. The Morgan fingerprint density at radius 1 is 1.50 bits per heavy atom. The molecule has 0 atom stereocenters. The van der Waals surface area contributed by atoms with Crippen molar-refractivity contribution in [3.63, 3.8) is 0 Å². The summed E-state index contributed by atoms with van der Waals surface area (Å²) >= 11 is 3.22. The molecule has 0 saturated carbocycles. The normalized spacial score (nSPS) is 10.9. The quantitative estimate of drug-likeness (QED) is 0.651. The van der Waals surface area contributed by atoms with Crippen molar-refractivity contribution < 1.29 is 4.74 Å². The Labute approximate surface area is 102 Å². The summed E-state index contributed by atoms with van der Waals surface area (Å²) in [5.74, 6) is 0.833. The average molecular weight is 256 g/mol. The minimum absolute atomic E-state index is 0.652. The summed E-state index contributed by atoms with van der Waals surface area (Å²) in [6, 6.07) is 0. The van der Waals surface area contributed by atoms with Crippen LogP contribution >= 0.6 is 23.1 Å². The maximum absolute atomic E-state index is 4.98. The van der Waals surface area contributed by atoms with Crippen LogP contribution in [-0.2, 0) is 4.74 Å². The second-order valence-electron chi connectivity index (χ2n) is 2.98. The van der Waals surface area contributed by atoms with Gasteiger partial charge in [0.15, 0.2) is 9.99 Å². The smallest absolute Gasteiger partial charge is 0.176 e. The molecule has 7 heteroatoms. The molecule has 1 N–H and O–H groups in total. The van der Waals surface area contributed by atoms with Gasteiger partial charge in [-0.25, -0.2) is 15.0 Å². The number of nitrogens with one attached hydrogen (secondary N) is 1. The van der Waals surface area contributed by atoms with Crippen molar-refractivity contribution in [2.75, 3.05) is 31.8 Å². The minimum atomic E-state index is 0.652. The summed E-state index contributed by atoms with van der Waals surface area (Å²) in [6.45, 7) is 1.38. The van der Waals surface area contributed by atoms with E-state index in [-0.39, 0.29) is 0 Å². The number of rotatable bonds is 5. The van der Waals surface area contributed by atoms with Crippen molar-refractivity contribution >= 4 is 39.3 Å². The summed E-state index contributed by atoms with van der Waals surface area (Å²) in [6.07, 6.45) is 3.53. The van der Waals surface area contributed by atoms with Crippen LogP contribution in [0.4, 0.5) is 5.82 Å². The zero-order chi connectivity index (χ0) is 11.4. The summed E-state index contributed by atoms with van der Waals surface area (Å²) in [7, 11) is 1.68. The Morgan fingerprint density at radius 2 is 2.38 bits per heavy atom. The monoisotopic (exact) mass is 256 g/mol. The molecule has 5 nitrogen and oxygen atoms in total. The third kappa shape index (κ3) is 2.42. The number of ether oxygens (including phenoxy) is 1. The van der Waals surface area contributed by atoms with Gasteiger partial charge in [0.05, 0.1) is 6.61 Å². The lowest BCUT2D eigenvalue weighted by atomic mass is 10.5. The van der Waals surface area contributed by atoms with Gasteiger partial charge in [-0.3, -0.25) is 0 Å². The number of methoxy groups -OCH3 is 1. The van der Waals surface area contributed by atoms with Crippen molar-refractivity contribution in [2.24, 2.45) is 0 Å². The highest BCUT2D eigenvalue weighted by atomic mass is 32.2. The maximum Gasteiger partial charge on any atom is 0.176 e. The zero-order valence-corrected chi connectivity index (χ0v) is 10.7. The molecule has 86 valence electrons. The van der Waals surface area contributed by atoms with Crippen LogP contribution in [0, 0.1) is 0 Å². The summed E-state index contributed by atoms with van der Waals surface area (Å²) in [4.78, 5) is 12.7. The second-order valence-corrected chi connectivity index (χ2v) is 5.03. The molecule has 2 heterocycles. The van der Waals surface area contributed by atoms with Crippen LogP contribution in [0.3, 0.4) is 0 Å². The van der Waals surface area contributed by atoms with E-state index in [0.717, 1.165) is 27.0 Å². The Hall–Kier alpha value is -0.920. The van der Waals surface area contributed by atoms with Crippen molar-refractivity contribution in [2.45, 2.75) is 4.34 Å². The lowest BCUT2D eigenvalue weighted by Gasteiger charge is -2.03. The highest BCUT2D eigenvalue weighted by molar-refractivity contribution is 8.00. The highest BCUT2D eigenvalue weighted by Crippen LogP contribution is 2.30. The fraction of sp³-hybridized carbons (Fsp3) is 0.444. The van der Waals surface area contributed by atoms with Gasteiger partial charge in [-0.15, -0.1) is 11.3 Å². The van der Waals surface area contributed by atoms with Gasteiger partial charge in [0.1, 0.15) is 16.8 Å². The Kier molecular flexibility index (Phi) is 3.92. The number of aromatic nitrogens is 3. The SMILES string of the molecule is COCCNc1ncnc2nc(SC)sc12. The molecule has 2 aromatic heterocycles. The molecule has 16 heavy (non-hydrogen) atoms. The molecular formula is C9H12N4OS2. The van der Waals surface area contributed by atoms with Gasteiger partial charge in [-0.05, 0) is 6.26 Å². The molecule has 0 unspecified atom stereocenters. The van der Waals surface area contributed by atoms with E-state index in [1.165, 1.54) is 6.33 Å². The molecule has 0 aliphatic rings. The minimum Gasteiger partial charge on any atom is -0.383 e. The molecule has 0 bridgehead atoms. The Bertz CT molecular complexity index is 473. The number of fused-ring (bicyclic) bond motifs is 1. The predicted octanol–water partition coefficient (Wildman–Crippen LogP) is 1.87. The first-order valence-electron chi connectivity index (χ1n) is 4.73. The standard InChI is InChI=1S/C9H12N4OS2/c1-14-4-3-10-7-6-8(12-5-11-7)13-9(15-2)16-6/h5H,3-4H2,1-2H3,(H,10,11,12). The third-order valence-electron chi connectivity index (χ3n) is 1.94. The van der Waals surface area contributed by atoms with Gasteiger partial charge in [-0.2, -0.15) is 0 Å². The van der Waals surface area contributed by atoms with Gasteiger partial charge in [0.25, 0.3) is 0 Å². The summed E-state index contributed by atoms with van der Waals surface area (Å²) in [5.41, 5.74) is 0.754. The van der Waals surface area contributed by atoms with Crippen molar-refractivity contribution in [1.82, 2.24) is 15.0 Å². The van der Waals surface area contributed by atoms with Crippen LogP contribution in [0.15, 0.2) is 10.7 Å². The van der Waals surface area contributed by atoms with Crippen LogP contribution in [0.2, 0.25) is 0 Å². The van der Waals surface area contributed by atoms with Crippen molar-refractivity contribution in [3.05, 3.63) is 6.33 Å². The topological polar surface area (TPSA) is 59.9 Å². The summed E-state index contributed by atoms with van der Waals surface area (Å²) < 4.78 is 6.99. The molecule has 0 fully saturated rings. The largest absolute Gasteiger partial charge is 0.383 e. The van der Waals surface area contributed by atoms with E-state index < -0.39 is 0 Å². The van der Waals surface area contributed by atoms with Crippen molar-refractivity contribution in [1.29, 1.82) is 0 Å². The molecule has 2 rings (SSSR count). The molecule has 0 aliphatic carbocycles. The molecule has 0 aromatic carbocycles. The van der Waals surface area contributed by atoms with E-state index in [4.69, 9.17) is 4.74 Å². The van der Waals surface area contributed by atoms with E-state index in [0.29, 0.717) is 6.61 Å². The van der Waals surface area contributed by atoms with E-state index in [9.17, 15) is 0 Å². The highest BCUT2D eigenvalue weighted by Gasteiger charge is 2.09. The van der Waals surface area contributed by atoms with Crippen LogP contribution < -0.4 is 5.32 Å². The van der Waals surface area contributed by atoms with E-state index in [1.807, 2.05) is 6.26 Å². The average Bonchev–Trinajstić information content (AvgIpc) is 2.73. The van der Waals surface area contributed by atoms with E-state index >= 15 is 0 Å². The Balaban J connectivity index is 2.26. The fourth-order valence-corrected chi connectivity index (χ4v) is 2.70. The van der Waals surface area contributed by atoms with Crippen molar-refractivity contribution in [3.8, 4) is 0 Å². The Morgan fingerprint density at radius 3 is 3.12 bits per heavy atom. The fourth-order valence-electron chi connectivity index (χ4n) is 1.22. The number of hydrogen-bond donors (Lipinski definition) is 1. The molecule has 0 amide bonds. The number of hydrogen-bond acceptors (Lipinski definition) is 7. The third-order valence-corrected chi connectivity index (χ3v) is 3.98. The van der Waals surface area contributed by atoms with Gasteiger partial charge < -0.3 is 10.1 Å². The van der Waals surface area contributed by atoms with Crippen LogP contribution in [-0.4, -0.2) is 41.5 Å². The van der Waals surface area contributed by atoms with E-state index in [1.54, 1.807) is 30.2 Å². The number of nitrogens with zero attached hydrogens (tertiary/aromatic N) is 3. The van der Waals surface area contributed by atoms with Gasteiger partial charge in [0, 0.05) is 13.7 Å². The van der Waals surface area contributed by atoms with Gasteiger partial charge >= 0.3 is 0 Å². The van der Waals surface area contributed by atoms with Crippen LogP contribution in [0.5, 0.6) is 0 Å². The van der Waals surface area contributed by atoms with Crippen LogP contribution in [0.25, 0.3) is 10.3 Å². The predicted molar refractivity (Wildman–Crippen MR) is 67.4 cm³/mol. The zero-order valence-electron chi connectivity index (χ0n) is 9.06. The number of thioether (sulfide) groups is 1. The lowest BCUT2D eigenvalue weighted by Crippen LogP contribution is -2.08. The lowest BCUT2D eigenvalue weighted by molar-refractivity contribution is 0.210. The van der Waals surface area contributed by atoms with Gasteiger partial charge in [0.2, 0.25) is 0 Å². The molecule has 0 radical (unpaired) electrons. The first kappa shape index (κ1) is 11.6. The number of anilines is 1. The molecular weight excluding hydrogens is 244 g/mol.